The Hall–Kier alpha value is -1.69. The third-order valence-electron chi connectivity index (χ3n) is 3.90. The maximum absolute atomic E-state index is 11.7. The van der Waals surface area contributed by atoms with Gasteiger partial charge in [0.15, 0.2) is 5.65 Å². The van der Waals surface area contributed by atoms with Gasteiger partial charge in [0.2, 0.25) is 0 Å². The van der Waals surface area contributed by atoms with Crippen LogP contribution in [0.15, 0.2) is 10.9 Å². The number of aromatic nitrogens is 4. The molecule has 2 heterocycles. The molecule has 0 spiro atoms. The summed E-state index contributed by atoms with van der Waals surface area (Å²) >= 11 is 0. The Morgan fingerprint density at radius 2 is 2.10 bits per heavy atom. The van der Waals surface area contributed by atoms with Gasteiger partial charge in [-0.25, -0.2) is 19.3 Å². The Kier molecular flexibility index (Phi) is 4.77. The summed E-state index contributed by atoms with van der Waals surface area (Å²) in [5.41, 5.74) is 1.39. The summed E-state index contributed by atoms with van der Waals surface area (Å²) in [4.78, 5) is 16.3. The largest absolute Gasteiger partial charge is 0.349 e. The van der Waals surface area contributed by atoms with Crippen molar-refractivity contribution in [2.24, 2.45) is 5.92 Å². The van der Waals surface area contributed by atoms with E-state index < -0.39 is 0 Å². The third-order valence-corrected chi connectivity index (χ3v) is 3.90. The number of aryl methyl sites for hydroxylation is 1. The van der Waals surface area contributed by atoms with E-state index in [9.17, 15) is 4.79 Å². The Labute approximate surface area is 125 Å². The van der Waals surface area contributed by atoms with E-state index >= 15 is 0 Å². The summed E-state index contributed by atoms with van der Waals surface area (Å²) < 4.78 is 1.50. The quantitative estimate of drug-likeness (QED) is 0.852. The second kappa shape index (κ2) is 6.39. The molecule has 0 aliphatic rings. The molecule has 2 aromatic heterocycles. The van der Waals surface area contributed by atoms with E-state index in [0.29, 0.717) is 23.4 Å². The van der Waals surface area contributed by atoms with Crippen LogP contribution < -0.4 is 11.0 Å². The number of nitrogens with one attached hydrogen (secondary N) is 2. The van der Waals surface area contributed by atoms with Crippen LogP contribution in [0.25, 0.3) is 5.65 Å². The van der Waals surface area contributed by atoms with E-state index in [1.165, 1.54) is 4.40 Å². The van der Waals surface area contributed by atoms with Crippen molar-refractivity contribution in [2.75, 3.05) is 6.54 Å². The standard InChI is InChI=1S/C15H25N5O/c1-6-7-16-10(4)14(9(2)3)12-8-13-18-19-15(21)20(13)11(5)17-12/h8-10,14,16H,6-7H2,1-5H3,(H,19,21). The monoisotopic (exact) mass is 291 g/mol. The first-order valence-corrected chi connectivity index (χ1v) is 7.63. The maximum Gasteiger partial charge on any atom is 0.349 e. The molecule has 0 saturated heterocycles. The van der Waals surface area contributed by atoms with Gasteiger partial charge in [-0.05, 0) is 32.7 Å². The van der Waals surface area contributed by atoms with Gasteiger partial charge in [-0.3, -0.25) is 0 Å². The molecule has 2 N–H and O–H groups in total. The highest BCUT2D eigenvalue weighted by Crippen LogP contribution is 2.27. The number of H-pyrrole nitrogens is 1. The highest BCUT2D eigenvalue weighted by atomic mass is 16.1. The van der Waals surface area contributed by atoms with Crippen LogP contribution in [0.4, 0.5) is 0 Å². The molecule has 0 radical (unpaired) electrons. The van der Waals surface area contributed by atoms with Crippen molar-refractivity contribution in [3.05, 3.63) is 28.1 Å². The van der Waals surface area contributed by atoms with Crippen LogP contribution in [0, 0.1) is 12.8 Å². The zero-order valence-electron chi connectivity index (χ0n) is 13.5. The summed E-state index contributed by atoms with van der Waals surface area (Å²) in [6, 6.07) is 2.24. The molecule has 0 fully saturated rings. The topological polar surface area (TPSA) is 75.1 Å². The Balaban J connectivity index is 2.43. The van der Waals surface area contributed by atoms with Crippen LogP contribution in [-0.2, 0) is 0 Å². The molecule has 2 atom stereocenters. The van der Waals surface area contributed by atoms with Crippen molar-refractivity contribution in [1.29, 1.82) is 0 Å². The van der Waals surface area contributed by atoms with Crippen LogP contribution in [0.5, 0.6) is 0 Å². The molecule has 6 nitrogen and oxygen atoms in total. The highest BCUT2D eigenvalue weighted by Gasteiger charge is 2.25. The lowest BCUT2D eigenvalue weighted by molar-refractivity contribution is 0.370. The van der Waals surface area contributed by atoms with Gasteiger partial charge in [-0.1, -0.05) is 20.8 Å². The van der Waals surface area contributed by atoms with Crippen molar-refractivity contribution in [3.8, 4) is 0 Å². The highest BCUT2D eigenvalue weighted by molar-refractivity contribution is 5.39. The summed E-state index contributed by atoms with van der Waals surface area (Å²) in [5.74, 6) is 1.41. The molecule has 0 aliphatic heterocycles. The first-order chi connectivity index (χ1) is 9.95. The number of hydrogen-bond donors (Lipinski definition) is 2. The van der Waals surface area contributed by atoms with Gasteiger partial charge in [0.25, 0.3) is 0 Å². The second-order valence-corrected chi connectivity index (χ2v) is 5.96. The molecule has 2 unspecified atom stereocenters. The minimum Gasteiger partial charge on any atom is -0.314 e. The summed E-state index contributed by atoms with van der Waals surface area (Å²) in [6.45, 7) is 11.6. The van der Waals surface area contributed by atoms with Crippen molar-refractivity contribution in [3.63, 3.8) is 0 Å². The third kappa shape index (κ3) is 3.15. The fraction of sp³-hybridized carbons (Fsp3) is 0.667. The smallest absolute Gasteiger partial charge is 0.314 e. The Bertz CT molecular complexity index is 658. The molecule has 6 heteroatoms. The predicted octanol–water partition coefficient (Wildman–Crippen LogP) is 1.85. The summed E-state index contributed by atoms with van der Waals surface area (Å²) in [7, 11) is 0. The van der Waals surface area contributed by atoms with E-state index in [2.05, 4.69) is 48.2 Å². The SMILES string of the molecule is CCCNC(C)C(c1cc2n[nH]c(=O)n2c(C)n1)C(C)C. The molecule has 0 aliphatic carbocycles. The molecule has 0 amide bonds. The van der Waals surface area contributed by atoms with Crippen LogP contribution in [0.2, 0.25) is 0 Å². The van der Waals surface area contributed by atoms with Crippen LogP contribution in [0.1, 0.15) is 51.6 Å². The predicted molar refractivity (Wildman–Crippen MR) is 83.7 cm³/mol. The number of rotatable bonds is 6. The zero-order chi connectivity index (χ0) is 15.6. The van der Waals surface area contributed by atoms with Crippen molar-refractivity contribution < 1.29 is 0 Å². The zero-order valence-corrected chi connectivity index (χ0v) is 13.5. The lowest BCUT2D eigenvalue weighted by atomic mass is 9.86. The number of hydrogen-bond acceptors (Lipinski definition) is 4. The fourth-order valence-corrected chi connectivity index (χ4v) is 2.96. The second-order valence-electron chi connectivity index (χ2n) is 5.96. The molecule has 2 rings (SSSR count). The molecule has 0 saturated carbocycles. The van der Waals surface area contributed by atoms with Crippen LogP contribution in [-0.4, -0.2) is 32.2 Å². The molecular weight excluding hydrogens is 266 g/mol. The van der Waals surface area contributed by atoms with E-state index in [0.717, 1.165) is 18.7 Å². The molecule has 0 bridgehead atoms. The lowest BCUT2D eigenvalue weighted by Gasteiger charge is -2.28. The molecular formula is C15H25N5O. The average Bonchev–Trinajstić information content (AvgIpc) is 2.78. The van der Waals surface area contributed by atoms with Crippen LogP contribution in [0.3, 0.4) is 0 Å². The fourth-order valence-electron chi connectivity index (χ4n) is 2.96. The van der Waals surface area contributed by atoms with Gasteiger partial charge in [0, 0.05) is 18.0 Å². The molecule has 116 valence electrons. The first kappa shape index (κ1) is 15.7. The minimum atomic E-state index is -0.236. The summed E-state index contributed by atoms with van der Waals surface area (Å²) in [5, 5.41) is 10.1. The van der Waals surface area contributed by atoms with Gasteiger partial charge in [-0.15, -0.1) is 0 Å². The number of fused-ring (bicyclic) bond motifs is 1. The number of nitrogens with zero attached hydrogens (tertiary/aromatic N) is 3. The molecule has 2 aromatic rings. The van der Waals surface area contributed by atoms with Gasteiger partial charge >= 0.3 is 5.69 Å². The Morgan fingerprint density at radius 1 is 1.38 bits per heavy atom. The molecule has 0 aromatic carbocycles. The Morgan fingerprint density at radius 3 is 2.71 bits per heavy atom. The van der Waals surface area contributed by atoms with E-state index in [1.807, 2.05) is 13.0 Å². The normalized spacial score (nSPS) is 14.8. The minimum absolute atomic E-state index is 0.236. The van der Waals surface area contributed by atoms with Crippen molar-refractivity contribution in [2.45, 2.75) is 53.0 Å². The van der Waals surface area contributed by atoms with Gasteiger partial charge in [0.1, 0.15) is 5.82 Å². The van der Waals surface area contributed by atoms with E-state index in [-0.39, 0.29) is 11.6 Å². The van der Waals surface area contributed by atoms with Crippen molar-refractivity contribution in [1.82, 2.24) is 24.9 Å². The van der Waals surface area contributed by atoms with E-state index in [1.54, 1.807) is 0 Å². The average molecular weight is 291 g/mol. The van der Waals surface area contributed by atoms with Gasteiger partial charge in [-0.2, -0.15) is 5.10 Å². The summed E-state index contributed by atoms with van der Waals surface area (Å²) in [6.07, 6.45) is 1.11. The first-order valence-electron chi connectivity index (χ1n) is 7.63. The molecule has 21 heavy (non-hydrogen) atoms. The van der Waals surface area contributed by atoms with Crippen LogP contribution >= 0.6 is 0 Å². The van der Waals surface area contributed by atoms with E-state index in [4.69, 9.17) is 0 Å². The van der Waals surface area contributed by atoms with Gasteiger partial charge in [0.05, 0.1) is 5.69 Å². The van der Waals surface area contributed by atoms with Crippen molar-refractivity contribution >= 4 is 5.65 Å². The van der Waals surface area contributed by atoms with Gasteiger partial charge < -0.3 is 5.32 Å². The number of aromatic amines is 1. The lowest BCUT2D eigenvalue weighted by Crippen LogP contribution is -2.36. The maximum atomic E-state index is 11.7.